The summed E-state index contributed by atoms with van der Waals surface area (Å²) in [5.41, 5.74) is 0.978. The Labute approximate surface area is 107 Å². The first kappa shape index (κ1) is 13.2. The molecule has 0 bridgehead atoms. The number of thiocarbonyl (C=S) groups is 1. The summed E-state index contributed by atoms with van der Waals surface area (Å²) in [5, 5.41) is 7.37. The van der Waals surface area contributed by atoms with Crippen molar-refractivity contribution in [1.82, 2.24) is 10.3 Å². The molecule has 0 amide bonds. The lowest BCUT2D eigenvalue weighted by atomic mass is 10.2. The third-order valence-electron chi connectivity index (χ3n) is 1.96. The number of halogens is 1. The molecule has 0 saturated heterocycles. The highest BCUT2D eigenvalue weighted by atomic mass is 35.5. The van der Waals surface area contributed by atoms with Crippen molar-refractivity contribution in [2.24, 2.45) is 5.92 Å². The maximum Gasteiger partial charge on any atom is 0.171 e. The fraction of sp³-hybridized carbons (Fsp3) is 0.455. The fourth-order valence-corrected chi connectivity index (χ4v) is 1.36. The topological polar surface area (TPSA) is 37.0 Å². The number of hydrogen-bond donors (Lipinski definition) is 2. The summed E-state index contributed by atoms with van der Waals surface area (Å²) < 4.78 is 0. The molecule has 0 aliphatic heterocycles. The van der Waals surface area contributed by atoms with Gasteiger partial charge in [-0.1, -0.05) is 25.4 Å². The molecule has 0 aliphatic rings. The van der Waals surface area contributed by atoms with E-state index in [0.717, 1.165) is 12.1 Å². The molecular formula is C11H16ClN3S. The highest BCUT2D eigenvalue weighted by Gasteiger charge is 2.02. The van der Waals surface area contributed by atoms with Gasteiger partial charge in [0.1, 0.15) is 5.82 Å². The third-order valence-corrected chi connectivity index (χ3v) is 2.60. The van der Waals surface area contributed by atoms with E-state index in [9.17, 15) is 0 Å². The Morgan fingerprint density at radius 3 is 2.81 bits per heavy atom. The van der Waals surface area contributed by atoms with Crippen LogP contribution in [-0.2, 0) is 0 Å². The first-order valence-corrected chi connectivity index (χ1v) is 5.94. The van der Waals surface area contributed by atoms with E-state index in [0.29, 0.717) is 21.9 Å². The SMILES string of the molecule is Cc1cc(NC(=S)NCC(C)C)ncc1Cl. The average molecular weight is 258 g/mol. The second-order valence-electron chi connectivity index (χ2n) is 4.05. The number of hydrogen-bond acceptors (Lipinski definition) is 2. The van der Waals surface area contributed by atoms with Gasteiger partial charge in [-0.15, -0.1) is 0 Å². The molecular weight excluding hydrogens is 242 g/mol. The van der Waals surface area contributed by atoms with Gasteiger partial charge in [-0.05, 0) is 36.7 Å². The number of nitrogens with one attached hydrogen (secondary N) is 2. The summed E-state index contributed by atoms with van der Waals surface area (Å²) in [5.74, 6) is 1.27. The van der Waals surface area contributed by atoms with Crippen LogP contribution in [0.5, 0.6) is 0 Å². The number of pyridine rings is 1. The van der Waals surface area contributed by atoms with Gasteiger partial charge in [-0.2, -0.15) is 0 Å². The molecule has 1 rings (SSSR count). The molecule has 1 aromatic heterocycles. The van der Waals surface area contributed by atoms with E-state index >= 15 is 0 Å². The van der Waals surface area contributed by atoms with Crippen molar-refractivity contribution in [2.75, 3.05) is 11.9 Å². The van der Waals surface area contributed by atoms with Gasteiger partial charge in [0.25, 0.3) is 0 Å². The summed E-state index contributed by atoms with van der Waals surface area (Å²) in [6, 6.07) is 1.87. The third kappa shape index (κ3) is 4.33. The summed E-state index contributed by atoms with van der Waals surface area (Å²) in [7, 11) is 0. The smallest absolute Gasteiger partial charge is 0.171 e. The molecule has 0 radical (unpaired) electrons. The summed E-state index contributed by atoms with van der Waals surface area (Å²) in [4.78, 5) is 4.14. The number of anilines is 1. The number of nitrogens with zero attached hydrogens (tertiary/aromatic N) is 1. The van der Waals surface area contributed by atoms with Gasteiger partial charge in [-0.25, -0.2) is 4.98 Å². The van der Waals surface area contributed by atoms with Crippen LogP contribution >= 0.6 is 23.8 Å². The van der Waals surface area contributed by atoms with Gasteiger partial charge in [0.2, 0.25) is 0 Å². The predicted octanol–water partition coefficient (Wildman–Crippen LogP) is 2.99. The zero-order valence-corrected chi connectivity index (χ0v) is 11.2. The van der Waals surface area contributed by atoms with E-state index in [-0.39, 0.29) is 0 Å². The van der Waals surface area contributed by atoms with E-state index in [1.807, 2.05) is 13.0 Å². The second kappa shape index (κ2) is 6.01. The average Bonchev–Trinajstić information content (AvgIpc) is 2.21. The highest BCUT2D eigenvalue weighted by molar-refractivity contribution is 7.80. The Kier molecular flexibility index (Phi) is 4.96. The molecule has 5 heteroatoms. The number of rotatable bonds is 3. The van der Waals surface area contributed by atoms with E-state index in [1.165, 1.54) is 0 Å². The van der Waals surface area contributed by atoms with Crippen LogP contribution in [0.2, 0.25) is 5.02 Å². The Morgan fingerprint density at radius 2 is 2.25 bits per heavy atom. The predicted molar refractivity (Wildman–Crippen MR) is 73.0 cm³/mol. The van der Waals surface area contributed by atoms with Gasteiger partial charge in [0, 0.05) is 12.7 Å². The van der Waals surface area contributed by atoms with Crippen molar-refractivity contribution in [3.05, 3.63) is 22.8 Å². The molecule has 2 N–H and O–H groups in total. The van der Waals surface area contributed by atoms with Crippen molar-refractivity contribution < 1.29 is 0 Å². The normalized spacial score (nSPS) is 10.3. The van der Waals surface area contributed by atoms with Crippen LogP contribution in [-0.4, -0.2) is 16.6 Å². The van der Waals surface area contributed by atoms with E-state index in [4.69, 9.17) is 23.8 Å². The molecule has 0 fully saturated rings. The summed E-state index contributed by atoms with van der Waals surface area (Å²) in [6.45, 7) is 7.03. The molecule has 0 unspecified atom stereocenters. The molecule has 0 atom stereocenters. The molecule has 0 saturated carbocycles. The fourth-order valence-electron chi connectivity index (χ4n) is 1.07. The first-order valence-electron chi connectivity index (χ1n) is 5.16. The van der Waals surface area contributed by atoms with Crippen LogP contribution in [0.15, 0.2) is 12.3 Å². The van der Waals surface area contributed by atoms with Crippen molar-refractivity contribution in [2.45, 2.75) is 20.8 Å². The minimum Gasteiger partial charge on any atom is -0.362 e. The molecule has 1 aromatic rings. The molecule has 16 heavy (non-hydrogen) atoms. The molecule has 0 aromatic carbocycles. The van der Waals surface area contributed by atoms with Crippen molar-refractivity contribution >= 4 is 34.7 Å². The first-order chi connectivity index (χ1) is 7.49. The summed E-state index contributed by atoms with van der Waals surface area (Å²) >= 11 is 11.0. The van der Waals surface area contributed by atoms with Gasteiger partial charge < -0.3 is 10.6 Å². The van der Waals surface area contributed by atoms with Gasteiger partial charge in [0.05, 0.1) is 5.02 Å². The Bertz CT molecular complexity index is 379. The lowest BCUT2D eigenvalue weighted by molar-refractivity contribution is 0.627. The monoisotopic (exact) mass is 257 g/mol. The molecule has 88 valence electrons. The molecule has 0 spiro atoms. The zero-order chi connectivity index (χ0) is 12.1. The highest BCUT2D eigenvalue weighted by Crippen LogP contribution is 2.16. The van der Waals surface area contributed by atoms with E-state index < -0.39 is 0 Å². The van der Waals surface area contributed by atoms with Gasteiger partial charge in [0.15, 0.2) is 5.11 Å². The lowest BCUT2D eigenvalue weighted by Crippen LogP contribution is -2.31. The quantitative estimate of drug-likeness (QED) is 0.817. The van der Waals surface area contributed by atoms with Crippen molar-refractivity contribution in [3.63, 3.8) is 0 Å². The van der Waals surface area contributed by atoms with Crippen LogP contribution in [0.4, 0.5) is 5.82 Å². The minimum absolute atomic E-state index is 0.555. The maximum absolute atomic E-state index is 5.88. The lowest BCUT2D eigenvalue weighted by Gasteiger charge is -2.12. The molecule has 0 aliphatic carbocycles. The Balaban J connectivity index is 2.53. The largest absolute Gasteiger partial charge is 0.362 e. The van der Waals surface area contributed by atoms with E-state index in [1.54, 1.807) is 6.20 Å². The van der Waals surface area contributed by atoms with Crippen LogP contribution < -0.4 is 10.6 Å². The summed E-state index contributed by atoms with van der Waals surface area (Å²) in [6.07, 6.45) is 1.62. The maximum atomic E-state index is 5.88. The Hall–Kier alpha value is -0.870. The molecule has 3 nitrogen and oxygen atoms in total. The zero-order valence-electron chi connectivity index (χ0n) is 9.67. The van der Waals surface area contributed by atoms with Crippen LogP contribution in [0.3, 0.4) is 0 Å². The molecule has 1 heterocycles. The van der Waals surface area contributed by atoms with Gasteiger partial charge >= 0.3 is 0 Å². The minimum atomic E-state index is 0.555. The van der Waals surface area contributed by atoms with Crippen molar-refractivity contribution in [3.8, 4) is 0 Å². The van der Waals surface area contributed by atoms with Crippen LogP contribution in [0, 0.1) is 12.8 Å². The standard InChI is InChI=1S/C11H16ClN3S/c1-7(2)5-14-11(16)15-10-4-8(3)9(12)6-13-10/h4,6-7H,5H2,1-3H3,(H2,13,14,15,16). The van der Waals surface area contributed by atoms with Gasteiger partial charge in [-0.3, -0.25) is 0 Å². The van der Waals surface area contributed by atoms with Crippen LogP contribution in [0.1, 0.15) is 19.4 Å². The number of aryl methyl sites for hydroxylation is 1. The van der Waals surface area contributed by atoms with Crippen LogP contribution in [0.25, 0.3) is 0 Å². The number of aromatic nitrogens is 1. The van der Waals surface area contributed by atoms with Crippen molar-refractivity contribution in [1.29, 1.82) is 0 Å². The second-order valence-corrected chi connectivity index (χ2v) is 4.86. The van der Waals surface area contributed by atoms with E-state index in [2.05, 4.69) is 29.5 Å². The Morgan fingerprint density at radius 1 is 1.56 bits per heavy atom.